The molecule has 0 radical (unpaired) electrons. The van der Waals surface area contributed by atoms with Crippen LogP contribution in [0.5, 0.6) is 5.75 Å². The van der Waals surface area contributed by atoms with Crippen LogP contribution in [0.25, 0.3) is 0 Å². The summed E-state index contributed by atoms with van der Waals surface area (Å²) in [6, 6.07) is 14.6. The first kappa shape index (κ1) is 24.3. The number of halogens is 1. The number of hydrogen-bond donors (Lipinski definition) is 0. The number of esters is 1. The Morgan fingerprint density at radius 2 is 1.85 bits per heavy atom. The molecule has 1 aromatic heterocycles. The zero-order chi connectivity index (χ0) is 23.6. The van der Waals surface area contributed by atoms with E-state index in [9.17, 15) is 14.0 Å². The number of thioether (sulfide) groups is 1. The van der Waals surface area contributed by atoms with Gasteiger partial charge in [0.15, 0.2) is 0 Å². The molecule has 8 heteroatoms. The highest BCUT2D eigenvalue weighted by Gasteiger charge is 2.23. The van der Waals surface area contributed by atoms with Crippen molar-refractivity contribution in [2.75, 3.05) is 23.9 Å². The van der Waals surface area contributed by atoms with E-state index in [0.29, 0.717) is 17.0 Å². The van der Waals surface area contributed by atoms with Crippen LogP contribution in [0.1, 0.15) is 33.8 Å². The molecule has 33 heavy (non-hydrogen) atoms. The second-order valence-corrected chi connectivity index (χ2v) is 8.40. The summed E-state index contributed by atoms with van der Waals surface area (Å²) in [6.07, 6.45) is 4.00. The minimum atomic E-state index is -0.473. The van der Waals surface area contributed by atoms with Gasteiger partial charge >= 0.3 is 5.97 Å². The van der Waals surface area contributed by atoms with Gasteiger partial charge in [-0.3, -0.25) is 14.7 Å². The third-order valence-corrected chi connectivity index (χ3v) is 5.94. The molecule has 0 saturated carbocycles. The average molecular weight is 469 g/mol. The van der Waals surface area contributed by atoms with Gasteiger partial charge in [0.2, 0.25) is 6.41 Å². The molecular weight excluding hydrogens is 443 g/mol. The maximum Gasteiger partial charge on any atom is 0.338 e. The van der Waals surface area contributed by atoms with Crippen LogP contribution in [0.4, 0.5) is 10.1 Å². The van der Waals surface area contributed by atoms with Crippen LogP contribution >= 0.6 is 11.8 Å². The molecule has 3 rings (SSSR count). The van der Waals surface area contributed by atoms with Crippen molar-refractivity contribution in [2.24, 2.45) is 0 Å². The van der Waals surface area contributed by atoms with Crippen molar-refractivity contribution in [1.82, 2.24) is 4.98 Å². The van der Waals surface area contributed by atoms with Crippen LogP contribution < -0.4 is 9.64 Å². The number of rotatable bonds is 11. The van der Waals surface area contributed by atoms with Gasteiger partial charge in [0.05, 0.1) is 5.56 Å². The van der Waals surface area contributed by atoms with Crippen molar-refractivity contribution < 1.29 is 23.5 Å². The fourth-order valence-electron chi connectivity index (χ4n) is 3.24. The lowest BCUT2D eigenvalue weighted by molar-refractivity contribution is -0.107. The van der Waals surface area contributed by atoms with E-state index in [2.05, 4.69) is 4.98 Å². The molecule has 0 aliphatic carbocycles. The molecule has 172 valence electrons. The molecule has 1 unspecified atom stereocenters. The van der Waals surface area contributed by atoms with Gasteiger partial charge < -0.3 is 9.47 Å². The monoisotopic (exact) mass is 468 g/mol. The van der Waals surface area contributed by atoms with E-state index in [1.807, 2.05) is 13.8 Å². The highest BCUT2D eigenvalue weighted by atomic mass is 32.2. The van der Waals surface area contributed by atoms with E-state index in [4.69, 9.17) is 9.47 Å². The molecule has 0 fully saturated rings. The van der Waals surface area contributed by atoms with E-state index < -0.39 is 5.97 Å². The summed E-state index contributed by atoms with van der Waals surface area (Å²) in [5, 5.41) is -0.324. The predicted molar refractivity (Wildman–Crippen MR) is 127 cm³/mol. The van der Waals surface area contributed by atoms with Crippen molar-refractivity contribution >= 4 is 29.8 Å². The molecule has 1 atom stereocenters. The average Bonchev–Trinajstić information content (AvgIpc) is 2.83. The minimum absolute atomic E-state index is 0.0994. The quantitative estimate of drug-likeness (QED) is 0.167. The lowest BCUT2D eigenvalue weighted by Crippen LogP contribution is -2.26. The van der Waals surface area contributed by atoms with E-state index in [0.717, 1.165) is 23.3 Å². The molecule has 1 heterocycles. The number of benzene rings is 2. The van der Waals surface area contributed by atoms with E-state index in [1.165, 1.54) is 12.1 Å². The fraction of sp³-hybridized carbons (Fsp3) is 0.240. The minimum Gasteiger partial charge on any atom is -0.490 e. The van der Waals surface area contributed by atoms with Gasteiger partial charge in [0.25, 0.3) is 0 Å². The Morgan fingerprint density at radius 3 is 2.48 bits per heavy atom. The van der Waals surface area contributed by atoms with Crippen LogP contribution in [-0.4, -0.2) is 36.3 Å². The van der Waals surface area contributed by atoms with Crippen molar-refractivity contribution in [1.29, 1.82) is 0 Å². The normalized spacial score (nSPS) is 11.5. The Labute approximate surface area is 196 Å². The van der Waals surface area contributed by atoms with E-state index in [1.54, 1.807) is 71.5 Å². The Morgan fingerprint density at radius 1 is 1.12 bits per heavy atom. The number of aromatic nitrogens is 1. The van der Waals surface area contributed by atoms with Gasteiger partial charge in [-0.2, -0.15) is 0 Å². The number of amides is 1. The Bertz CT molecular complexity index is 1060. The molecular formula is C25H25FN2O4S. The summed E-state index contributed by atoms with van der Waals surface area (Å²) in [4.78, 5) is 30.0. The molecule has 0 spiro atoms. The van der Waals surface area contributed by atoms with Crippen molar-refractivity contribution in [3.05, 3.63) is 89.5 Å². The van der Waals surface area contributed by atoms with Crippen molar-refractivity contribution in [3.8, 4) is 5.75 Å². The van der Waals surface area contributed by atoms with Crippen molar-refractivity contribution in [3.63, 3.8) is 0 Å². The van der Waals surface area contributed by atoms with Crippen LogP contribution in [0.2, 0.25) is 0 Å². The molecule has 1 amide bonds. The maximum atomic E-state index is 13.4. The van der Waals surface area contributed by atoms with E-state index in [-0.39, 0.29) is 24.4 Å². The Balaban J connectivity index is 1.68. The zero-order valence-electron chi connectivity index (χ0n) is 18.4. The standard InChI is InChI=1S/C25H25FN2O4S/c1-3-33-24(19-4-7-21(26)8-5-19)28(17-29)23-9-6-20(16-18(23)2)25(30)32-15-14-31-22-10-12-27-13-11-22/h4-13,16-17,24H,3,14-15H2,1-2H3. The topological polar surface area (TPSA) is 68.7 Å². The maximum absolute atomic E-state index is 13.4. The number of carbonyl (C=O) groups is 2. The molecule has 0 N–H and O–H groups in total. The summed E-state index contributed by atoms with van der Waals surface area (Å²) < 4.78 is 24.2. The molecule has 3 aromatic rings. The first-order valence-electron chi connectivity index (χ1n) is 10.4. The summed E-state index contributed by atoms with van der Waals surface area (Å²) in [5.74, 6) is 0.605. The van der Waals surface area contributed by atoms with Crippen LogP contribution in [0.15, 0.2) is 67.0 Å². The number of ether oxygens (including phenoxy) is 2. The van der Waals surface area contributed by atoms with Crippen molar-refractivity contribution in [2.45, 2.75) is 19.2 Å². The third kappa shape index (κ3) is 6.55. The van der Waals surface area contributed by atoms with Gasteiger partial charge in [-0.1, -0.05) is 19.1 Å². The summed E-state index contributed by atoms with van der Waals surface area (Å²) >= 11 is 1.56. The lowest BCUT2D eigenvalue weighted by Gasteiger charge is -2.29. The SMILES string of the molecule is CCSC(c1ccc(F)cc1)N(C=O)c1ccc(C(=O)OCCOc2ccncc2)cc1C. The number of hydrogen-bond acceptors (Lipinski definition) is 6. The van der Waals surface area contributed by atoms with E-state index >= 15 is 0 Å². The van der Waals surface area contributed by atoms with Gasteiger partial charge in [-0.05, 0) is 66.3 Å². The fourth-order valence-corrected chi connectivity index (χ4v) is 4.23. The van der Waals surface area contributed by atoms with Gasteiger partial charge in [-0.15, -0.1) is 11.8 Å². The van der Waals surface area contributed by atoms with Crippen LogP contribution in [0, 0.1) is 12.7 Å². The predicted octanol–water partition coefficient (Wildman–Crippen LogP) is 5.18. The Kier molecular flexibility index (Phi) is 8.83. The van der Waals surface area contributed by atoms with Crippen LogP contribution in [-0.2, 0) is 9.53 Å². The first-order chi connectivity index (χ1) is 16.0. The number of nitrogens with zero attached hydrogens (tertiary/aromatic N) is 2. The molecule has 0 bridgehead atoms. The van der Waals surface area contributed by atoms with Gasteiger partial charge in [-0.25, -0.2) is 9.18 Å². The number of carbonyl (C=O) groups excluding carboxylic acids is 2. The zero-order valence-corrected chi connectivity index (χ0v) is 19.3. The number of anilines is 1. The summed E-state index contributed by atoms with van der Waals surface area (Å²) in [6.45, 7) is 4.14. The van der Waals surface area contributed by atoms with Gasteiger partial charge in [0, 0.05) is 18.1 Å². The molecule has 0 aliphatic heterocycles. The first-order valence-corrected chi connectivity index (χ1v) is 11.5. The number of aryl methyl sites for hydroxylation is 1. The second kappa shape index (κ2) is 12.0. The summed E-state index contributed by atoms with van der Waals surface area (Å²) in [5.41, 5.74) is 2.60. The Hall–Kier alpha value is -3.39. The molecule has 0 aliphatic rings. The second-order valence-electron chi connectivity index (χ2n) is 7.04. The summed E-state index contributed by atoms with van der Waals surface area (Å²) in [7, 11) is 0. The van der Waals surface area contributed by atoms with Crippen LogP contribution in [0.3, 0.4) is 0 Å². The largest absolute Gasteiger partial charge is 0.490 e. The molecule has 2 aromatic carbocycles. The smallest absolute Gasteiger partial charge is 0.338 e. The van der Waals surface area contributed by atoms with Gasteiger partial charge in [0.1, 0.15) is 30.2 Å². The number of pyridine rings is 1. The lowest BCUT2D eigenvalue weighted by atomic mass is 10.1. The highest BCUT2D eigenvalue weighted by Crippen LogP contribution is 2.36. The third-order valence-electron chi connectivity index (χ3n) is 4.79. The molecule has 6 nitrogen and oxygen atoms in total. The highest BCUT2D eigenvalue weighted by molar-refractivity contribution is 7.99. The molecule has 0 saturated heterocycles.